The van der Waals surface area contributed by atoms with Gasteiger partial charge in [-0.25, -0.2) is 0 Å². The average Bonchev–Trinajstić information content (AvgIpc) is 2.91. The van der Waals surface area contributed by atoms with Crippen molar-refractivity contribution in [2.75, 3.05) is 0 Å². The smallest absolute Gasteiger partial charge is 0.0923 e. The van der Waals surface area contributed by atoms with Crippen LogP contribution in [-0.4, -0.2) is 20.8 Å². The lowest BCUT2D eigenvalue weighted by Gasteiger charge is -2.25. The highest BCUT2D eigenvalue weighted by Crippen LogP contribution is 2.24. The second-order valence-electron chi connectivity index (χ2n) is 5.08. The third kappa shape index (κ3) is 2.90. The molecule has 2 N–H and O–H groups in total. The van der Waals surface area contributed by atoms with E-state index in [1.54, 1.807) is 0 Å². The molecule has 2 aromatic rings. The van der Waals surface area contributed by atoms with Gasteiger partial charge < -0.3 is 5.73 Å². The van der Waals surface area contributed by atoms with Crippen LogP contribution in [0.5, 0.6) is 0 Å². The van der Waals surface area contributed by atoms with E-state index in [0.717, 1.165) is 25.0 Å². The summed E-state index contributed by atoms with van der Waals surface area (Å²) in [6.45, 7) is 6.41. The van der Waals surface area contributed by atoms with Crippen LogP contribution in [0.4, 0.5) is 0 Å². The van der Waals surface area contributed by atoms with Crippen molar-refractivity contribution in [2.45, 2.75) is 52.1 Å². The fraction of sp³-hybridized carbons (Fsp3) is 0.500. The number of hydrogen-bond acceptors (Lipinski definition) is 3. The van der Waals surface area contributed by atoms with Crippen molar-refractivity contribution in [3.05, 3.63) is 47.5 Å². The van der Waals surface area contributed by atoms with Gasteiger partial charge in [0.25, 0.3) is 0 Å². The van der Waals surface area contributed by atoms with Gasteiger partial charge in [-0.15, -0.1) is 0 Å². The van der Waals surface area contributed by atoms with Crippen molar-refractivity contribution >= 4 is 0 Å². The average molecular weight is 272 g/mol. The molecule has 0 aliphatic heterocycles. The molecule has 0 aliphatic rings. The van der Waals surface area contributed by atoms with Crippen LogP contribution in [0, 0.1) is 0 Å². The van der Waals surface area contributed by atoms with Gasteiger partial charge in [-0.2, -0.15) is 5.10 Å². The Morgan fingerprint density at radius 1 is 1.15 bits per heavy atom. The molecule has 0 saturated heterocycles. The summed E-state index contributed by atoms with van der Waals surface area (Å²) in [4.78, 5) is 4.10. The van der Waals surface area contributed by atoms with E-state index in [1.165, 1.54) is 11.3 Å². The number of aryl methyl sites for hydroxylation is 2. The first-order chi connectivity index (χ1) is 9.71. The zero-order valence-corrected chi connectivity index (χ0v) is 12.6. The summed E-state index contributed by atoms with van der Waals surface area (Å²) in [6, 6.07) is 6.39. The van der Waals surface area contributed by atoms with Gasteiger partial charge in [0.2, 0.25) is 0 Å². The highest BCUT2D eigenvalue weighted by atomic mass is 15.3. The van der Waals surface area contributed by atoms with Gasteiger partial charge in [0.05, 0.1) is 11.7 Å². The number of hydrogen-bond donors (Lipinski definition) is 1. The number of pyridine rings is 1. The summed E-state index contributed by atoms with van der Waals surface area (Å²) in [5.41, 5.74) is 9.92. The van der Waals surface area contributed by atoms with E-state index in [2.05, 4.69) is 36.5 Å². The van der Waals surface area contributed by atoms with E-state index < -0.39 is 0 Å². The van der Waals surface area contributed by atoms with Gasteiger partial charge in [0, 0.05) is 24.1 Å². The summed E-state index contributed by atoms with van der Waals surface area (Å²) >= 11 is 0. The Kier molecular flexibility index (Phi) is 4.90. The van der Waals surface area contributed by atoms with Crippen molar-refractivity contribution in [1.82, 2.24) is 14.8 Å². The van der Waals surface area contributed by atoms with Crippen molar-refractivity contribution < 1.29 is 0 Å². The molecule has 0 fully saturated rings. The molecule has 20 heavy (non-hydrogen) atoms. The Labute approximate surface area is 121 Å². The first kappa shape index (κ1) is 14.7. The fourth-order valence-electron chi connectivity index (χ4n) is 2.52. The Morgan fingerprint density at radius 3 is 2.40 bits per heavy atom. The molecule has 4 heteroatoms. The molecule has 0 bridgehead atoms. The number of aromatic nitrogens is 3. The molecule has 0 aliphatic carbocycles. The number of nitrogens with zero attached hydrogens (tertiary/aromatic N) is 3. The largest absolute Gasteiger partial charge is 0.326 e. The second kappa shape index (κ2) is 6.66. The molecule has 2 unspecified atom stereocenters. The van der Waals surface area contributed by atoms with Gasteiger partial charge in [0.15, 0.2) is 0 Å². The van der Waals surface area contributed by atoms with E-state index in [1.807, 2.05) is 24.5 Å². The zero-order valence-electron chi connectivity index (χ0n) is 12.6. The normalized spacial score (nSPS) is 14.2. The molecule has 2 atom stereocenters. The SMILES string of the molecule is CCc1cc(CC)n(C(c2ccncc2)C(N)CC)n1. The van der Waals surface area contributed by atoms with Crippen molar-refractivity contribution in [2.24, 2.45) is 5.73 Å². The van der Waals surface area contributed by atoms with E-state index in [0.29, 0.717) is 0 Å². The van der Waals surface area contributed by atoms with Crippen molar-refractivity contribution in [1.29, 1.82) is 0 Å². The summed E-state index contributed by atoms with van der Waals surface area (Å²) in [7, 11) is 0. The van der Waals surface area contributed by atoms with Crippen LogP contribution >= 0.6 is 0 Å². The Balaban J connectivity index is 2.49. The third-order valence-corrected chi connectivity index (χ3v) is 3.78. The molecule has 2 aromatic heterocycles. The summed E-state index contributed by atoms with van der Waals surface area (Å²) < 4.78 is 2.11. The Morgan fingerprint density at radius 2 is 1.85 bits per heavy atom. The molecular formula is C16H24N4. The van der Waals surface area contributed by atoms with Gasteiger partial charge in [-0.3, -0.25) is 9.67 Å². The summed E-state index contributed by atoms with van der Waals surface area (Å²) in [6.07, 6.45) is 6.47. The topological polar surface area (TPSA) is 56.7 Å². The Bertz CT molecular complexity index is 533. The molecule has 4 nitrogen and oxygen atoms in total. The van der Waals surface area contributed by atoms with Crippen LogP contribution in [0.3, 0.4) is 0 Å². The van der Waals surface area contributed by atoms with Crippen molar-refractivity contribution in [3.8, 4) is 0 Å². The van der Waals surface area contributed by atoms with Gasteiger partial charge in [0.1, 0.15) is 0 Å². The lowest BCUT2D eigenvalue weighted by molar-refractivity contribution is 0.411. The van der Waals surface area contributed by atoms with E-state index >= 15 is 0 Å². The maximum absolute atomic E-state index is 6.37. The molecule has 0 saturated carbocycles. The molecule has 0 radical (unpaired) electrons. The standard InChI is InChI=1S/C16H24N4/c1-4-13-11-14(5-2)20(19-13)16(15(17)6-3)12-7-9-18-10-8-12/h7-11,15-16H,4-6,17H2,1-3H3. The lowest BCUT2D eigenvalue weighted by Crippen LogP contribution is -2.34. The summed E-state index contributed by atoms with van der Waals surface area (Å²) in [5.74, 6) is 0. The first-order valence-electron chi connectivity index (χ1n) is 7.44. The minimum atomic E-state index is 0.0484. The van der Waals surface area contributed by atoms with Crippen LogP contribution < -0.4 is 5.73 Å². The minimum Gasteiger partial charge on any atom is -0.326 e. The summed E-state index contributed by atoms with van der Waals surface area (Å²) in [5, 5.41) is 4.76. The van der Waals surface area contributed by atoms with Crippen LogP contribution in [0.1, 0.15) is 50.2 Å². The zero-order chi connectivity index (χ0) is 14.5. The van der Waals surface area contributed by atoms with Gasteiger partial charge in [-0.1, -0.05) is 20.8 Å². The maximum atomic E-state index is 6.37. The minimum absolute atomic E-state index is 0.0484. The lowest BCUT2D eigenvalue weighted by atomic mass is 9.99. The molecule has 108 valence electrons. The quantitative estimate of drug-likeness (QED) is 0.879. The maximum Gasteiger partial charge on any atom is 0.0923 e. The molecular weight excluding hydrogens is 248 g/mol. The highest BCUT2D eigenvalue weighted by molar-refractivity contribution is 5.22. The van der Waals surface area contributed by atoms with Gasteiger partial charge >= 0.3 is 0 Å². The fourth-order valence-corrected chi connectivity index (χ4v) is 2.52. The highest BCUT2D eigenvalue weighted by Gasteiger charge is 2.23. The third-order valence-electron chi connectivity index (χ3n) is 3.78. The van der Waals surface area contributed by atoms with Crippen LogP contribution in [-0.2, 0) is 12.8 Å². The molecule has 0 amide bonds. The van der Waals surface area contributed by atoms with Crippen LogP contribution in [0.25, 0.3) is 0 Å². The van der Waals surface area contributed by atoms with Gasteiger partial charge in [-0.05, 0) is 43.0 Å². The monoisotopic (exact) mass is 272 g/mol. The van der Waals surface area contributed by atoms with Crippen molar-refractivity contribution in [3.63, 3.8) is 0 Å². The van der Waals surface area contributed by atoms with E-state index in [9.17, 15) is 0 Å². The first-order valence-corrected chi connectivity index (χ1v) is 7.44. The van der Waals surface area contributed by atoms with E-state index in [-0.39, 0.29) is 12.1 Å². The molecule has 2 rings (SSSR count). The second-order valence-corrected chi connectivity index (χ2v) is 5.08. The number of nitrogens with two attached hydrogens (primary N) is 1. The number of rotatable bonds is 6. The molecule has 2 heterocycles. The Hall–Kier alpha value is -1.68. The predicted molar refractivity (Wildman–Crippen MR) is 81.6 cm³/mol. The van der Waals surface area contributed by atoms with Crippen LogP contribution in [0.15, 0.2) is 30.6 Å². The molecule has 0 spiro atoms. The molecule has 0 aromatic carbocycles. The van der Waals surface area contributed by atoms with E-state index in [4.69, 9.17) is 10.8 Å². The van der Waals surface area contributed by atoms with Crippen LogP contribution in [0.2, 0.25) is 0 Å². The predicted octanol–water partition coefficient (Wildman–Crippen LogP) is 2.73.